The van der Waals surface area contributed by atoms with E-state index < -0.39 is 28.5 Å². The highest BCUT2D eigenvalue weighted by Crippen LogP contribution is 2.28. The molecule has 0 radical (unpaired) electrons. The van der Waals surface area contributed by atoms with Gasteiger partial charge in [-0.05, 0) is 68.3 Å². The predicted octanol–water partition coefficient (Wildman–Crippen LogP) is 5.19. The number of carbonyl (C=O) groups excluding carboxylic acids is 2. The Bertz CT molecular complexity index is 1410. The van der Waals surface area contributed by atoms with E-state index in [4.69, 9.17) is 16.3 Å². The second-order valence-corrected chi connectivity index (χ2v) is 11.8. The van der Waals surface area contributed by atoms with Crippen molar-refractivity contribution in [3.63, 3.8) is 0 Å². The fraction of sp³-hybridized carbons (Fsp3) is 0.333. The summed E-state index contributed by atoms with van der Waals surface area (Å²) in [5.41, 5.74) is 2.06. The highest BCUT2D eigenvalue weighted by molar-refractivity contribution is 7.92. The van der Waals surface area contributed by atoms with Crippen LogP contribution in [-0.2, 0) is 26.2 Å². The Kier molecular flexibility index (Phi) is 11.0. The molecule has 1 unspecified atom stereocenters. The highest BCUT2D eigenvalue weighted by atomic mass is 35.5. The molecule has 0 fully saturated rings. The van der Waals surface area contributed by atoms with Crippen molar-refractivity contribution < 1.29 is 22.7 Å². The van der Waals surface area contributed by atoms with Gasteiger partial charge in [-0.25, -0.2) is 8.42 Å². The highest BCUT2D eigenvalue weighted by Gasteiger charge is 2.32. The molecule has 0 aliphatic rings. The zero-order valence-electron chi connectivity index (χ0n) is 23.3. The van der Waals surface area contributed by atoms with Crippen molar-refractivity contribution in [1.82, 2.24) is 10.2 Å². The quantitative estimate of drug-likeness (QED) is 0.279. The monoisotopic (exact) mass is 585 g/mol. The number of anilines is 1. The van der Waals surface area contributed by atoms with E-state index in [1.54, 1.807) is 25.1 Å². The molecule has 10 heteroatoms. The van der Waals surface area contributed by atoms with Gasteiger partial charge in [0.15, 0.2) is 0 Å². The van der Waals surface area contributed by atoms with E-state index in [0.29, 0.717) is 17.3 Å². The summed E-state index contributed by atoms with van der Waals surface area (Å²) in [7, 11) is -2.71. The SMILES string of the molecule is CCCCNC(=O)C(C)N(Cc1cccc(C)c1)C(=O)CN(c1cccc(Cl)c1)S(=O)(=O)c1ccc(OC)cc1. The van der Waals surface area contributed by atoms with Gasteiger partial charge in [0.05, 0.1) is 17.7 Å². The third-order valence-corrected chi connectivity index (χ3v) is 8.48. The summed E-state index contributed by atoms with van der Waals surface area (Å²) in [6.45, 7) is 5.71. The van der Waals surface area contributed by atoms with Crippen LogP contribution in [0.3, 0.4) is 0 Å². The third-order valence-electron chi connectivity index (χ3n) is 6.45. The van der Waals surface area contributed by atoms with Crippen molar-refractivity contribution in [3.05, 3.63) is 88.9 Å². The molecule has 3 aromatic rings. The Hall–Kier alpha value is -3.56. The summed E-state index contributed by atoms with van der Waals surface area (Å²) in [6, 6.07) is 19.0. The first-order valence-electron chi connectivity index (χ1n) is 13.1. The number of amides is 2. The van der Waals surface area contributed by atoms with Crippen LogP contribution in [0.1, 0.15) is 37.8 Å². The van der Waals surface area contributed by atoms with Crippen LogP contribution in [0.5, 0.6) is 5.75 Å². The van der Waals surface area contributed by atoms with E-state index in [9.17, 15) is 18.0 Å². The normalized spacial score (nSPS) is 11.9. The van der Waals surface area contributed by atoms with Gasteiger partial charge in [0.1, 0.15) is 18.3 Å². The number of ether oxygens (including phenoxy) is 1. The minimum atomic E-state index is -4.20. The van der Waals surface area contributed by atoms with Gasteiger partial charge in [0.25, 0.3) is 10.0 Å². The number of aryl methyl sites for hydroxylation is 1. The number of nitrogens with one attached hydrogen (secondary N) is 1. The van der Waals surface area contributed by atoms with Crippen molar-refractivity contribution >= 4 is 39.1 Å². The maximum absolute atomic E-state index is 13.9. The molecular weight excluding hydrogens is 550 g/mol. The summed E-state index contributed by atoms with van der Waals surface area (Å²) in [6.07, 6.45) is 1.73. The van der Waals surface area contributed by atoms with Crippen molar-refractivity contribution in [2.75, 3.05) is 24.5 Å². The molecule has 0 saturated carbocycles. The van der Waals surface area contributed by atoms with Gasteiger partial charge in [0, 0.05) is 18.1 Å². The molecule has 0 aromatic heterocycles. The first-order valence-corrected chi connectivity index (χ1v) is 14.9. The van der Waals surface area contributed by atoms with Gasteiger partial charge in [0.2, 0.25) is 11.8 Å². The first kappa shape index (κ1) is 31.0. The van der Waals surface area contributed by atoms with Crippen LogP contribution in [-0.4, -0.2) is 51.4 Å². The van der Waals surface area contributed by atoms with E-state index in [2.05, 4.69) is 5.32 Å². The van der Waals surface area contributed by atoms with Gasteiger partial charge < -0.3 is 15.0 Å². The number of benzene rings is 3. The molecule has 0 saturated heterocycles. The van der Waals surface area contributed by atoms with Crippen molar-refractivity contribution in [2.45, 2.75) is 51.1 Å². The number of unbranched alkanes of at least 4 members (excludes halogenated alkanes) is 1. The molecule has 40 heavy (non-hydrogen) atoms. The van der Waals surface area contributed by atoms with E-state index in [1.165, 1.54) is 42.3 Å². The second kappa shape index (κ2) is 14.2. The van der Waals surface area contributed by atoms with Crippen LogP contribution in [0.15, 0.2) is 77.7 Å². The molecule has 1 atom stereocenters. The molecule has 2 amide bonds. The molecule has 0 bridgehead atoms. The topological polar surface area (TPSA) is 96.0 Å². The lowest BCUT2D eigenvalue weighted by Crippen LogP contribution is -2.51. The van der Waals surface area contributed by atoms with Crippen molar-refractivity contribution in [2.24, 2.45) is 0 Å². The fourth-order valence-electron chi connectivity index (χ4n) is 4.16. The zero-order chi connectivity index (χ0) is 29.3. The average molecular weight is 586 g/mol. The Morgan fingerprint density at radius 2 is 1.73 bits per heavy atom. The number of nitrogens with zero attached hydrogens (tertiary/aromatic N) is 2. The van der Waals surface area contributed by atoms with E-state index >= 15 is 0 Å². The number of carbonyl (C=O) groups is 2. The Balaban J connectivity index is 2.00. The average Bonchev–Trinajstić information content (AvgIpc) is 2.94. The van der Waals surface area contributed by atoms with Crippen molar-refractivity contribution in [1.29, 1.82) is 0 Å². The number of hydrogen-bond acceptors (Lipinski definition) is 5. The van der Waals surface area contributed by atoms with Crippen LogP contribution < -0.4 is 14.4 Å². The summed E-state index contributed by atoms with van der Waals surface area (Å²) in [5.74, 6) is -0.338. The van der Waals surface area contributed by atoms with Gasteiger partial charge >= 0.3 is 0 Å². The number of sulfonamides is 1. The summed E-state index contributed by atoms with van der Waals surface area (Å²) in [4.78, 5) is 28.4. The van der Waals surface area contributed by atoms with Crippen LogP contribution >= 0.6 is 11.6 Å². The number of rotatable bonds is 13. The fourth-order valence-corrected chi connectivity index (χ4v) is 5.75. The zero-order valence-corrected chi connectivity index (χ0v) is 24.8. The molecule has 214 valence electrons. The molecule has 8 nitrogen and oxygen atoms in total. The maximum atomic E-state index is 13.9. The van der Waals surface area contributed by atoms with Crippen molar-refractivity contribution in [3.8, 4) is 5.75 Å². The Labute approximate surface area is 241 Å². The lowest BCUT2D eigenvalue weighted by atomic mass is 10.1. The van der Waals surface area contributed by atoms with Gasteiger partial charge in [-0.1, -0.05) is 60.8 Å². The number of methoxy groups -OCH3 is 1. The smallest absolute Gasteiger partial charge is 0.264 e. The second-order valence-electron chi connectivity index (χ2n) is 9.50. The Morgan fingerprint density at radius 3 is 2.35 bits per heavy atom. The molecule has 3 aromatic carbocycles. The van der Waals surface area contributed by atoms with Crippen LogP contribution in [0, 0.1) is 6.92 Å². The largest absolute Gasteiger partial charge is 0.497 e. The minimum absolute atomic E-state index is 0.0170. The van der Waals surface area contributed by atoms with Gasteiger partial charge in [-0.15, -0.1) is 0 Å². The summed E-state index contributed by atoms with van der Waals surface area (Å²) in [5, 5.41) is 3.20. The molecule has 0 heterocycles. The lowest BCUT2D eigenvalue weighted by molar-refractivity contribution is -0.139. The number of hydrogen-bond donors (Lipinski definition) is 1. The lowest BCUT2D eigenvalue weighted by Gasteiger charge is -2.32. The maximum Gasteiger partial charge on any atom is 0.264 e. The minimum Gasteiger partial charge on any atom is -0.497 e. The number of halogens is 1. The molecule has 0 aliphatic heterocycles. The van der Waals surface area contributed by atoms with E-state index in [0.717, 1.165) is 28.3 Å². The molecule has 0 aliphatic carbocycles. The van der Waals surface area contributed by atoms with Crippen LogP contribution in [0.4, 0.5) is 5.69 Å². The molecule has 1 N–H and O–H groups in total. The molecule has 0 spiro atoms. The summed E-state index contributed by atoms with van der Waals surface area (Å²) >= 11 is 6.21. The van der Waals surface area contributed by atoms with Crippen LogP contribution in [0.25, 0.3) is 0 Å². The molecule has 3 rings (SSSR count). The molecular formula is C30H36ClN3O5S. The third kappa shape index (κ3) is 7.99. The predicted molar refractivity (Wildman–Crippen MR) is 158 cm³/mol. The Morgan fingerprint density at radius 1 is 1.02 bits per heavy atom. The first-order chi connectivity index (χ1) is 19.1. The standard InChI is InChI=1S/C30H36ClN3O5S/c1-5-6-17-32-30(36)23(3)33(20-24-10-7-9-22(2)18-24)29(35)21-34(26-12-8-11-25(31)19-26)40(37,38)28-15-13-27(39-4)14-16-28/h7-16,18-19,23H,5-6,17,20-21H2,1-4H3,(H,32,36). The van der Waals surface area contributed by atoms with E-state index in [1.807, 2.05) is 38.1 Å². The van der Waals surface area contributed by atoms with Gasteiger partial charge in [-0.2, -0.15) is 0 Å². The summed E-state index contributed by atoms with van der Waals surface area (Å²) < 4.78 is 33.9. The van der Waals surface area contributed by atoms with Crippen LogP contribution in [0.2, 0.25) is 5.02 Å². The van der Waals surface area contributed by atoms with Gasteiger partial charge in [-0.3, -0.25) is 13.9 Å². The van der Waals surface area contributed by atoms with E-state index in [-0.39, 0.29) is 23.0 Å².